The highest BCUT2D eigenvalue weighted by molar-refractivity contribution is 5.81. The number of para-hydroxylation sites is 1. The largest absolute Gasteiger partial charge is 0.496 e. The molecule has 0 saturated carbocycles. The molecule has 26 heavy (non-hydrogen) atoms. The Hall–Kier alpha value is -2.33. The molecule has 0 aromatic heterocycles. The van der Waals surface area contributed by atoms with Crippen molar-refractivity contribution in [3.8, 4) is 5.75 Å². The van der Waals surface area contributed by atoms with Crippen LogP contribution in [-0.4, -0.2) is 19.1 Å². The zero-order valence-corrected chi connectivity index (χ0v) is 16.4. The van der Waals surface area contributed by atoms with E-state index in [0.717, 1.165) is 17.7 Å². The van der Waals surface area contributed by atoms with Crippen molar-refractivity contribution >= 4 is 5.91 Å². The summed E-state index contributed by atoms with van der Waals surface area (Å²) in [7, 11) is 1.64. The molecular formula is C22H30N2O2. The summed E-state index contributed by atoms with van der Waals surface area (Å²) in [5.41, 5.74) is 3.47. The molecular weight excluding hydrogens is 324 g/mol. The van der Waals surface area contributed by atoms with Crippen LogP contribution in [0.2, 0.25) is 0 Å². The standard InChI is InChI=1S/C22H30N2O2/c1-6-18-11-13-19(14-12-18)15(2)23-17(4)22(25)24-16(3)20-9-7-8-10-21(20)26-5/h7-17,23H,6H2,1-5H3,(H,24,25). The van der Waals surface area contributed by atoms with Crippen LogP contribution >= 0.6 is 0 Å². The minimum absolute atomic E-state index is 0.0274. The molecule has 1 amide bonds. The van der Waals surface area contributed by atoms with Crippen LogP contribution in [0.3, 0.4) is 0 Å². The van der Waals surface area contributed by atoms with E-state index in [9.17, 15) is 4.79 Å². The average Bonchev–Trinajstić information content (AvgIpc) is 2.67. The number of rotatable bonds is 8. The van der Waals surface area contributed by atoms with Crippen molar-refractivity contribution in [2.75, 3.05) is 7.11 Å². The van der Waals surface area contributed by atoms with Crippen LogP contribution in [0.15, 0.2) is 48.5 Å². The molecule has 140 valence electrons. The Morgan fingerprint density at radius 2 is 1.65 bits per heavy atom. The molecule has 2 rings (SSSR count). The maximum Gasteiger partial charge on any atom is 0.237 e. The summed E-state index contributed by atoms with van der Waals surface area (Å²) < 4.78 is 5.38. The van der Waals surface area contributed by atoms with E-state index in [1.165, 1.54) is 11.1 Å². The van der Waals surface area contributed by atoms with E-state index in [-0.39, 0.29) is 24.0 Å². The number of nitrogens with one attached hydrogen (secondary N) is 2. The van der Waals surface area contributed by atoms with Gasteiger partial charge in [0, 0.05) is 11.6 Å². The Kier molecular flexibility index (Phi) is 7.22. The fraction of sp³-hybridized carbons (Fsp3) is 0.409. The SMILES string of the molecule is CCc1ccc(C(C)NC(C)C(=O)NC(C)c2ccccc2OC)cc1. The van der Waals surface area contributed by atoms with Crippen LogP contribution in [0.1, 0.15) is 56.5 Å². The van der Waals surface area contributed by atoms with E-state index in [2.05, 4.69) is 48.7 Å². The third-order valence-electron chi connectivity index (χ3n) is 4.75. The Morgan fingerprint density at radius 1 is 1.00 bits per heavy atom. The molecule has 0 fully saturated rings. The van der Waals surface area contributed by atoms with Gasteiger partial charge >= 0.3 is 0 Å². The van der Waals surface area contributed by atoms with Crippen LogP contribution in [0.4, 0.5) is 0 Å². The molecule has 4 heteroatoms. The lowest BCUT2D eigenvalue weighted by Gasteiger charge is -2.23. The topological polar surface area (TPSA) is 50.4 Å². The molecule has 2 aromatic carbocycles. The van der Waals surface area contributed by atoms with Crippen molar-refractivity contribution in [2.24, 2.45) is 0 Å². The van der Waals surface area contributed by atoms with Crippen LogP contribution in [-0.2, 0) is 11.2 Å². The van der Waals surface area contributed by atoms with Gasteiger partial charge in [-0.25, -0.2) is 0 Å². The quantitative estimate of drug-likeness (QED) is 0.748. The molecule has 4 nitrogen and oxygen atoms in total. The van der Waals surface area contributed by atoms with Gasteiger partial charge in [-0.2, -0.15) is 0 Å². The van der Waals surface area contributed by atoms with Crippen molar-refractivity contribution in [1.82, 2.24) is 10.6 Å². The number of ether oxygens (including phenoxy) is 1. The molecule has 0 bridgehead atoms. The van der Waals surface area contributed by atoms with E-state index in [1.54, 1.807) is 7.11 Å². The maximum atomic E-state index is 12.6. The molecule has 3 unspecified atom stereocenters. The number of amides is 1. The Balaban J connectivity index is 1.95. The highest BCUT2D eigenvalue weighted by atomic mass is 16.5. The van der Waals surface area contributed by atoms with Gasteiger partial charge in [-0.1, -0.05) is 49.4 Å². The first-order valence-electron chi connectivity index (χ1n) is 9.24. The number of benzene rings is 2. The molecule has 2 aromatic rings. The van der Waals surface area contributed by atoms with Gasteiger partial charge in [0.25, 0.3) is 0 Å². The predicted octanol–water partition coefficient (Wildman–Crippen LogP) is 4.17. The van der Waals surface area contributed by atoms with Crippen molar-refractivity contribution in [1.29, 1.82) is 0 Å². The van der Waals surface area contributed by atoms with Crippen molar-refractivity contribution < 1.29 is 9.53 Å². The molecule has 2 N–H and O–H groups in total. The van der Waals surface area contributed by atoms with E-state index >= 15 is 0 Å². The van der Waals surface area contributed by atoms with E-state index in [0.29, 0.717) is 0 Å². The Labute approximate surface area is 157 Å². The second kappa shape index (κ2) is 9.39. The number of carbonyl (C=O) groups is 1. The summed E-state index contributed by atoms with van der Waals surface area (Å²) in [6, 6.07) is 16.0. The minimum Gasteiger partial charge on any atom is -0.496 e. The Bertz CT molecular complexity index is 712. The van der Waals surface area contributed by atoms with Gasteiger partial charge in [-0.05, 0) is 44.4 Å². The van der Waals surface area contributed by atoms with Crippen LogP contribution < -0.4 is 15.4 Å². The lowest BCUT2D eigenvalue weighted by molar-refractivity contribution is -0.123. The molecule has 0 aliphatic heterocycles. The van der Waals surface area contributed by atoms with Gasteiger partial charge in [0.2, 0.25) is 5.91 Å². The number of aryl methyl sites for hydroxylation is 1. The smallest absolute Gasteiger partial charge is 0.237 e. The number of hydrogen-bond donors (Lipinski definition) is 2. The summed E-state index contributed by atoms with van der Waals surface area (Å²) in [5.74, 6) is 0.755. The van der Waals surface area contributed by atoms with E-state index < -0.39 is 0 Å². The highest BCUT2D eigenvalue weighted by Crippen LogP contribution is 2.24. The second-order valence-electron chi connectivity index (χ2n) is 6.68. The van der Waals surface area contributed by atoms with Crippen LogP contribution in [0.5, 0.6) is 5.75 Å². The summed E-state index contributed by atoms with van der Waals surface area (Å²) >= 11 is 0. The van der Waals surface area contributed by atoms with Gasteiger partial charge in [0.05, 0.1) is 19.2 Å². The molecule has 0 saturated heterocycles. The zero-order valence-electron chi connectivity index (χ0n) is 16.4. The van der Waals surface area contributed by atoms with Gasteiger partial charge in [0.15, 0.2) is 0 Å². The number of methoxy groups -OCH3 is 1. The maximum absolute atomic E-state index is 12.6. The molecule has 0 aliphatic carbocycles. The monoisotopic (exact) mass is 354 g/mol. The number of carbonyl (C=O) groups excluding carboxylic acids is 1. The van der Waals surface area contributed by atoms with Gasteiger partial charge in [-0.3, -0.25) is 10.1 Å². The first kappa shape index (κ1) is 20.0. The summed E-state index contributed by atoms with van der Waals surface area (Å²) in [5, 5.41) is 6.44. The van der Waals surface area contributed by atoms with Crippen LogP contribution in [0.25, 0.3) is 0 Å². The van der Waals surface area contributed by atoms with Gasteiger partial charge < -0.3 is 10.1 Å². The van der Waals surface area contributed by atoms with E-state index in [1.807, 2.05) is 38.1 Å². The average molecular weight is 354 g/mol. The van der Waals surface area contributed by atoms with Crippen LogP contribution in [0, 0.1) is 0 Å². The fourth-order valence-corrected chi connectivity index (χ4v) is 3.03. The summed E-state index contributed by atoms with van der Waals surface area (Å²) in [6.07, 6.45) is 1.03. The molecule has 0 heterocycles. The van der Waals surface area contributed by atoms with Crippen molar-refractivity contribution in [2.45, 2.75) is 52.2 Å². The third-order valence-corrected chi connectivity index (χ3v) is 4.75. The van der Waals surface area contributed by atoms with Crippen molar-refractivity contribution in [3.05, 3.63) is 65.2 Å². The lowest BCUT2D eigenvalue weighted by atomic mass is 10.0. The third kappa shape index (κ3) is 5.09. The fourth-order valence-electron chi connectivity index (χ4n) is 3.03. The molecule has 0 spiro atoms. The van der Waals surface area contributed by atoms with Gasteiger partial charge in [0.1, 0.15) is 5.75 Å². The second-order valence-corrected chi connectivity index (χ2v) is 6.68. The summed E-state index contributed by atoms with van der Waals surface area (Å²) in [6.45, 7) is 8.08. The highest BCUT2D eigenvalue weighted by Gasteiger charge is 2.20. The zero-order chi connectivity index (χ0) is 19.1. The summed E-state index contributed by atoms with van der Waals surface area (Å²) in [4.78, 5) is 12.6. The molecule has 0 aliphatic rings. The first-order chi connectivity index (χ1) is 12.5. The molecule has 0 radical (unpaired) electrons. The van der Waals surface area contributed by atoms with Crippen molar-refractivity contribution in [3.63, 3.8) is 0 Å². The predicted molar refractivity (Wildman–Crippen MR) is 106 cm³/mol. The molecule has 3 atom stereocenters. The minimum atomic E-state index is -0.298. The first-order valence-corrected chi connectivity index (χ1v) is 9.24. The van der Waals surface area contributed by atoms with E-state index in [4.69, 9.17) is 4.74 Å². The number of hydrogen-bond acceptors (Lipinski definition) is 3. The Morgan fingerprint density at radius 3 is 2.27 bits per heavy atom. The van der Waals surface area contributed by atoms with Gasteiger partial charge in [-0.15, -0.1) is 0 Å². The lowest BCUT2D eigenvalue weighted by Crippen LogP contribution is -2.43. The normalized spacial score (nSPS) is 14.3.